The zero-order valence-electron chi connectivity index (χ0n) is 15.4. The fourth-order valence-electron chi connectivity index (χ4n) is 2.98. The first-order valence-corrected chi connectivity index (χ1v) is 8.56. The SMILES string of the molecule is CN=C(NCc1ccon1)NC1CCN(c2cc(OC)cc(OC)c2)C1. The van der Waals surface area contributed by atoms with Crippen molar-refractivity contribution in [3.05, 3.63) is 36.2 Å². The molecule has 0 aliphatic carbocycles. The fraction of sp³-hybridized carbons (Fsp3) is 0.444. The summed E-state index contributed by atoms with van der Waals surface area (Å²) >= 11 is 0. The Balaban J connectivity index is 1.57. The van der Waals surface area contributed by atoms with E-state index in [0.717, 1.165) is 48.4 Å². The van der Waals surface area contributed by atoms with E-state index in [0.29, 0.717) is 12.6 Å². The zero-order valence-corrected chi connectivity index (χ0v) is 15.4. The highest BCUT2D eigenvalue weighted by Gasteiger charge is 2.24. The van der Waals surface area contributed by atoms with Crippen LogP contribution in [-0.4, -0.2) is 51.5 Å². The molecule has 2 N–H and O–H groups in total. The molecule has 2 heterocycles. The maximum Gasteiger partial charge on any atom is 0.191 e. The molecular weight excluding hydrogens is 334 g/mol. The van der Waals surface area contributed by atoms with E-state index in [-0.39, 0.29) is 0 Å². The predicted molar refractivity (Wildman–Crippen MR) is 100 cm³/mol. The van der Waals surface area contributed by atoms with Crippen LogP contribution in [-0.2, 0) is 6.54 Å². The van der Waals surface area contributed by atoms with Crippen LogP contribution in [0.4, 0.5) is 5.69 Å². The highest BCUT2D eigenvalue weighted by molar-refractivity contribution is 5.80. The van der Waals surface area contributed by atoms with Gasteiger partial charge in [-0.2, -0.15) is 0 Å². The number of anilines is 1. The average molecular weight is 359 g/mol. The molecule has 140 valence electrons. The molecule has 0 bridgehead atoms. The largest absolute Gasteiger partial charge is 0.497 e. The lowest BCUT2D eigenvalue weighted by atomic mass is 10.2. The van der Waals surface area contributed by atoms with Crippen LogP contribution in [0.25, 0.3) is 0 Å². The summed E-state index contributed by atoms with van der Waals surface area (Å²) in [6, 6.07) is 8.07. The van der Waals surface area contributed by atoms with Gasteiger partial charge in [-0.25, -0.2) is 0 Å². The van der Waals surface area contributed by atoms with Crippen molar-refractivity contribution < 1.29 is 14.0 Å². The van der Waals surface area contributed by atoms with Crippen LogP contribution >= 0.6 is 0 Å². The summed E-state index contributed by atoms with van der Waals surface area (Å²) in [5, 5.41) is 10.6. The van der Waals surface area contributed by atoms with Crippen LogP contribution in [0.5, 0.6) is 11.5 Å². The number of aromatic nitrogens is 1. The molecule has 1 aromatic carbocycles. The lowest BCUT2D eigenvalue weighted by Gasteiger charge is -2.21. The van der Waals surface area contributed by atoms with Gasteiger partial charge in [-0.3, -0.25) is 4.99 Å². The van der Waals surface area contributed by atoms with Crippen LogP contribution in [0.3, 0.4) is 0 Å². The van der Waals surface area contributed by atoms with E-state index < -0.39 is 0 Å². The van der Waals surface area contributed by atoms with Crippen molar-refractivity contribution in [3.8, 4) is 11.5 Å². The Morgan fingerprint density at radius 3 is 2.69 bits per heavy atom. The van der Waals surface area contributed by atoms with Crippen molar-refractivity contribution in [3.63, 3.8) is 0 Å². The summed E-state index contributed by atoms with van der Waals surface area (Å²) in [6.07, 6.45) is 2.58. The number of hydrogen-bond acceptors (Lipinski definition) is 6. The van der Waals surface area contributed by atoms with E-state index in [1.54, 1.807) is 27.5 Å². The van der Waals surface area contributed by atoms with Gasteiger partial charge in [0, 0.05) is 56.1 Å². The fourth-order valence-corrected chi connectivity index (χ4v) is 2.98. The number of rotatable bonds is 6. The minimum atomic E-state index is 0.302. The molecule has 2 aromatic rings. The molecule has 1 saturated heterocycles. The molecule has 8 nitrogen and oxygen atoms in total. The van der Waals surface area contributed by atoms with E-state index >= 15 is 0 Å². The van der Waals surface area contributed by atoms with E-state index in [1.807, 2.05) is 24.3 Å². The molecule has 0 radical (unpaired) electrons. The van der Waals surface area contributed by atoms with Gasteiger partial charge < -0.3 is 29.5 Å². The molecule has 1 aromatic heterocycles. The van der Waals surface area contributed by atoms with Crippen molar-refractivity contribution in [2.45, 2.75) is 19.0 Å². The Kier molecular flexibility index (Phi) is 5.83. The van der Waals surface area contributed by atoms with Gasteiger partial charge >= 0.3 is 0 Å². The molecule has 3 rings (SSSR count). The van der Waals surface area contributed by atoms with Crippen molar-refractivity contribution in [1.29, 1.82) is 0 Å². The first kappa shape index (κ1) is 17.9. The van der Waals surface area contributed by atoms with E-state index in [2.05, 4.69) is 25.7 Å². The summed E-state index contributed by atoms with van der Waals surface area (Å²) < 4.78 is 15.6. The second-order valence-corrected chi connectivity index (χ2v) is 6.06. The Bertz CT molecular complexity index is 710. The van der Waals surface area contributed by atoms with Gasteiger partial charge in [-0.15, -0.1) is 0 Å². The van der Waals surface area contributed by atoms with Gasteiger partial charge in [-0.05, 0) is 6.42 Å². The van der Waals surface area contributed by atoms with Gasteiger partial charge in [0.2, 0.25) is 0 Å². The third-order valence-electron chi connectivity index (χ3n) is 4.38. The van der Waals surface area contributed by atoms with Crippen molar-refractivity contribution in [2.75, 3.05) is 39.3 Å². The lowest BCUT2D eigenvalue weighted by molar-refractivity contribution is 0.394. The number of nitrogens with zero attached hydrogens (tertiary/aromatic N) is 3. The Labute approximate surface area is 153 Å². The van der Waals surface area contributed by atoms with Gasteiger partial charge in [0.05, 0.1) is 20.8 Å². The molecule has 1 aliphatic heterocycles. The molecule has 1 atom stereocenters. The minimum absolute atomic E-state index is 0.302. The second-order valence-electron chi connectivity index (χ2n) is 6.06. The number of hydrogen-bond donors (Lipinski definition) is 2. The second kappa shape index (κ2) is 8.46. The number of aliphatic imine (C=N–C) groups is 1. The standard InChI is InChI=1S/C18H25N5O3/c1-19-18(20-11-13-5-7-26-22-13)21-14-4-6-23(12-14)15-8-16(24-2)10-17(9-15)25-3/h5,7-10,14H,4,6,11-12H2,1-3H3,(H2,19,20,21). The number of benzene rings is 1. The first-order chi connectivity index (χ1) is 12.7. The van der Waals surface area contributed by atoms with Crippen molar-refractivity contribution >= 4 is 11.6 Å². The van der Waals surface area contributed by atoms with Crippen LogP contribution < -0.4 is 25.0 Å². The molecule has 0 amide bonds. The monoisotopic (exact) mass is 359 g/mol. The van der Waals surface area contributed by atoms with Crippen molar-refractivity contribution in [2.24, 2.45) is 4.99 Å². The molecule has 1 aliphatic rings. The Morgan fingerprint density at radius 1 is 1.31 bits per heavy atom. The lowest BCUT2D eigenvalue weighted by Crippen LogP contribution is -2.44. The van der Waals surface area contributed by atoms with Crippen LogP contribution in [0.2, 0.25) is 0 Å². The van der Waals surface area contributed by atoms with Gasteiger partial charge in [-0.1, -0.05) is 5.16 Å². The van der Waals surface area contributed by atoms with Gasteiger partial charge in [0.25, 0.3) is 0 Å². The maximum absolute atomic E-state index is 5.37. The summed E-state index contributed by atoms with van der Waals surface area (Å²) in [4.78, 5) is 6.59. The molecule has 1 fully saturated rings. The first-order valence-electron chi connectivity index (χ1n) is 8.56. The summed E-state index contributed by atoms with van der Waals surface area (Å²) in [5.74, 6) is 2.34. The average Bonchev–Trinajstić information content (AvgIpc) is 3.36. The highest BCUT2D eigenvalue weighted by Crippen LogP contribution is 2.30. The summed E-state index contributed by atoms with van der Waals surface area (Å²) in [5.41, 5.74) is 1.93. The van der Waals surface area contributed by atoms with Crippen molar-refractivity contribution in [1.82, 2.24) is 15.8 Å². The van der Waals surface area contributed by atoms with Crippen LogP contribution in [0.15, 0.2) is 40.0 Å². The summed E-state index contributed by atoms with van der Waals surface area (Å²) in [7, 11) is 5.09. The number of ether oxygens (including phenoxy) is 2. The van der Waals surface area contributed by atoms with Crippen LogP contribution in [0.1, 0.15) is 12.1 Å². The highest BCUT2D eigenvalue weighted by atomic mass is 16.5. The minimum Gasteiger partial charge on any atom is -0.497 e. The number of nitrogens with one attached hydrogen (secondary N) is 2. The van der Waals surface area contributed by atoms with E-state index in [1.165, 1.54) is 0 Å². The molecular formula is C18H25N5O3. The smallest absolute Gasteiger partial charge is 0.191 e. The Hall–Kier alpha value is -2.90. The molecule has 1 unspecified atom stereocenters. The maximum atomic E-state index is 5.37. The molecule has 8 heteroatoms. The quantitative estimate of drug-likeness (QED) is 0.599. The Morgan fingerprint density at radius 2 is 2.08 bits per heavy atom. The summed E-state index contributed by atoms with van der Waals surface area (Å²) in [6.45, 7) is 2.40. The predicted octanol–water partition coefficient (Wildman–Crippen LogP) is 1.64. The third kappa shape index (κ3) is 4.38. The zero-order chi connectivity index (χ0) is 18.4. The number of methoxy groups -OCH3 is 2. The molecule has 0 spiro atoms. The van der Waals surface area contributed by atoms with E-state index in [9.17, 15) is 0 Å². The number of guanidine groups is 1. The van der Waals surface area contributed by atoms with Crippen LogP contribution in [0, 0.1) is 0 Å². The molecule has 0 saturated carbocycles. The molecule has 26 heavy (non-hydrogen) atoms. The van der Waals surface area contributed by atoms with Gasteiger partial charge in [0.15, 0.2) is 5.96 Å². The topological polar surface area (TPSA) is 84.2 Å². The van der Waals surface area contributed by atoms with Gasteiger partial charge in [0.1, 0.15) is 23.5 Å². The normalized spacial score (nSPS) is 17.3. The van der Waals surface area contributed by atoms with E-state index in [4.69, 9.17) is 14.0 Å². The third-order valence-corrected chi connectivity index (χ3v) is 4.38.